The summed E-state index contributed by atoms with van der Waals surface area (Å²) in [5, 5.41) is 4.87. The Labute approximate surface area is 140 Å². The smallest absolute Gasteiger partial charge is 0.272 e. The van der Waals surface area contributed by atoms with Gasteiger partial charge < -0.3 is 4.74 Å². The van der Waals surface area contributed by atoms with Crippen LogP contribution in [-0.2, 0) is 11.3 Å². The first-order valence-electron chi connectivity index (χ1n) is 7.53. The van der Waals surface area contributed by atoms with Crippen molar-refractivity contribution in [2.45, 2.75) is 6.61 Å². The SMILES string of the molecule is COCc1ccccc1/C=N/NC(=O)c1cccc2ncccc12. The molecule has 2 aromatic carbocycles. The number of amides is 1. The Morgan fingerprint density at radius 2 is 2.04 bits per heavy atom. The van der Waals surface area contributed by atoms with E-state index in [1.54, 1.807) is 25.6 Å². The minimum Gasteiger partial charge on any atom is -0.380 e. The number of fused-ring (bicyclic) bond motifs is 1. The fraction of sp³-hybridized carbons (Fsp3) is 0.105. The van der Waals surface area contributed by atoms with Crippen molar-refractivity contribution in [3.63, 3.8) is 0 Å². The molecule has 1 amide bonds. The topological polar surface area (TPSA) is 63.6 Å². The summed E-state index contributed by atoms with van der Waals surface area (Å²) in [5.74, 6) is -0.269. The maximum absolute atomic E-state index is 12.4. The zero-order chi connectivity index (χ0) is 16.8. The van der Waals surface area contributed by atoms with E-state index >= 15 is 0 Å². The van der Waals surface area contributed by atoms with E-state index in [9.17, 15) is 4.79 Å². The van der Waals surface area contributed by atoms with Crippen LogP contribution in [0, 0.1) is 0 Å². The Bertz CT molecular complexity index is 885. The molecule has 0 aliphatic heterocycles. The van der Waals surface area contributed by atoms with Crippen LogP contribution in [-0.4, -0.2) is 24.2 Å². The molecule has 3 rings (SSSR count). The summed E-state index contributed by atoms with van der Waals surface area (Å²) in [6, 6.07) is 16.9. The number of pyridine rings is 1. The Morgan fingerprint density at radius 3 is 2.92 bits per heavy atom. The number of benzene rings is 2. The molecule has 1 N–H and O–H groups in total. The molecule has 1 aromatic heterocycles. The van der Waals surface area contributed by atoms with E-state index in [1.165, 1.54) is 0 Å². The van der Waals surface area contributed by atoms with Gasteiger partial charge in [0.05, 0.1) is 23.9 Å². The number of rotatable bonds is 5. The van der Waals surface area contributed by atoms with Gasteiger partial charge in [0.2, 0.25) is 0 Å². The zero-order valence-electron chi connectivity index (χ0n) is 13.3. The van der Waals surface area contributed by atoms with E-state index in [-0.39, 0.29) is 5.91 Å². The highest BCUT2D eigenvalue weighted by atomic mass is 16.5. The lowest BCUT2D eigenvalue weighted by Crippen LogP contribution is -2.18. The second-order valence-electron chi connectivity index (χ2n) is 5.21. The molecule has 0 fully saturated rings. The maximum Gasteiger partial charge on any atom is 0.272 e. The molecule has 0 aliphatic carbocycles. The number of nitrogens with one attached hydrogen (secondary N) is 1. The normalized spacial score (nSPS) is 11.0. The third kappa shape index (κ3) is 3.47. The highest BCUT2D eigenvalue weighted by Gasteiger charge is 2.09. The van der Waals surface area contributed by atoms with E-state index < -0.39 is 0 Å². The molecule has 0 unspecified atom stereocenters. The molecular weight excluding hydrogens is 302 g/mol. The first-order valence-corrected chi connectivity index (χ1v) is 7.53. The van der Waals surface area contributed by atoms with E-state index in [2.05, 4.69) is 15.5 Å². The molecular formula is C19H17N3O2. The van der Waals surface area contributed by atoms with Crippen LogP contribution in [0.2, 0.25) is 0 Å². The molecule has 0 radical (unpaired) electrons. The van der Waals surface area contributed by atoms with Crippen LogP contribution in [0.25, 0.3) is 10.9 Å². The predicted molar refractivity (Wildman–Crippen MR) is 94.0 cm³/mol. The maximum atomic E-state index is 12.4. The number of methoxy groups -OCH3 is 1. The van der Waals surface area contributed by atoms with Crippen LogP contribution in [0.4, 0.5) is 0 Å². The van der Waals surface area contributed by atoms with Crippen LogP contribution in [0.3, 0.4) is 0 Å². The van der Waals surface area contributed by atoms with Gasteiger partial charge in [-0.25, -0.2) is 5.43 Å². The molecule has 120 valence electrons. The molecule has 24 heavy (non-hydrogen) atoms. The van der Waals surface area contributed by atoms with Crippen molar-refractivity contribution in [1.82, 2.24) is 10.4 Å². The summed E-state index contributed by atoms with van der Waals surface area (Å²) in [5.41, 5.74) is 5.80. The van der Waals surface area contributed by atoms with Crippen molar-refractivity contribution in [3.05, 3.63) is 77.5 Å². The van der Waals surface area contributed by atoms with Gasteiger partial charge in [0, 0.05) is 24.3 Å². The Kier molecular flexibility index (Phi) is 4.93. The minimum atomic E-state index is -0.269. The number of carbonyl (C=O) groups excluding carboxylic acids is 1. The Morgan fingerprint density at radius 1 is 1.17 bits per heavy atom. The van der Waals surface area contributed by atoms with E-state index in [0.29, 0.717) is 12.2 Å². The minimum absolute atomic E-state index is 0.269. The van der Waals surface area contributed by atoms with Gasteiger partial charge in [-0.2, -0.15) is 5.10 Å². The Balaban J connectivity index is 1.78. The summed E-state index contributed by atoms with van der Waals surface area (Å²) in [4.78, 5) is 16.6. The third-order valence-electron chi connectivity index (χ3n) is 3.61. The number of hydrogen-bond acceptors (Lipinski definition) is 4. The van der Waals surface area contributed by atoms with Gasteiger partial charge >= 0.3 is 0 Å². The first-order chi connectivity index (χ1) is 11.8. The molecule has 0 saturated carbocycles. The lowest BCUT2D eigenvalue weighted by atomic mass is 10.1. The molecule has 0 saturated heterocycles. The fourth-order valence-corrected chi connectivity index (χ4v) is 2.47. The van der Waals surface area contributed by atoms with E-state index in [4.69, 9.17) is 4.74 Å². The molecule has 1 heterocycles. The molecule has 0 atom stereocenters. The number of carbonyl (C=O) groups is 1. The molecule has 5 heteroatoms. The summed E-state index contributed by atoms with van der Waals surface area (Å²) >= 11 is 0. The van der Waals surface area contributed by atoms with Gasteiger partial charge in [-0.05, 0) is 23.8 Å². The first kappa shape index (κ1) is 15.8. The average molecular weight is 319 g/mol. The van der Waals surface area contributed by atoms with Crippen LogP contribution in [0.1, 0.15) is 21.5 Å². The van der Waals surface area contributed by atoms with Gasteiger partial charge in [-0.15, -0.1) is 0 Å². The summed E-state index contributed by atoms with van der Waals surface area (Å²) < 4.78 is 5.16. The van der Waals surface area contributed by atoms with E-state index in [0.717, 1.165) is 22.0 Å². The second kappa shape index (κ2) is 7.48. The van der Waals surface area contributed by atoms with Crippen LogP contribution in [0.15, 0.2) is 65.9 Å². The lowest BCUT2D eigenvalue weighted by molar-refractivity contribution is 0.0957. The average Bonchev–Trinajstić information content (AvgIpc) is 2.63. The van der Waals surface area contributed by atoms with Crippen molar-refractivity contribution < 1.29 is 9.53 Å². The molecule has 0 bridgehead atoms. The van der Waals surface area contributed by atoms with Gasteiger partial charge in [-0.1, -0.05) is 36.4 Å². The number of hydrogen-bond donors (Lipinski definition) is 1. The summed E-state index contributed by atoms with van der Waals surface area (Å²) in [6.45, 7) is 0.491. The molecule has 5 nitrogen and oxygen atoms in total. The fourth-order valence-electron chi connectivity index (χ4n) is 2.47. The lowest BCUT2D eigenvalue weighted by Gasteiger charge is -2.05. The predicted octanol–water partition coefficient (Wildman–Crippen LogP) is 3.15. The van der Waals surface area contributed by atoms with Crippen molar-refractivity contribution in [2.75, 3.05) is 7.11 Å². The van der Waals surface area contributed by atoms with Crippen LogP contribution >= 0.6 is 0 Å². The summed E-state index contributed by atoms with van der Waals surface area (Å²) in [7, 11) is 1.64. The standard InChI is InChI=1S/C19H17N3O2/c1-24-13-15-7-3-2-6-14(15)12-21-22-19(23)17-8-4-10-18-16(17)9-5-11-20-18/h2-12H,13H2,1H3,(H,22,23)/b21-12+. The van der Waals surface area contributed by atoms with Crippen molar-refractivity contribution >= 4 is 23.0 Å². The molecule has 0 spiro atoms. The highest BCUT2D eigenvalue weighted by Crippen LogP contribution is 2.16. The van der Waals surface area contributed by atoms with E-state index in [1.807, 2.05) is 48.5 Å². The van der Waals surface area contributed by atoms with Crippen LogP contribution in [0.5, 0.6) is 0 Å². The highest BCUT2D eigenvalue weighted by molar-refractivity contribution is 6.06. The van der Waals surface area contributed by atoms with Crippen molar-refractivity contribution in [3.8, 4) is 0 Å². The summed E-state index contributed by atoms with van der Waals surface area (Å²) in [6.07, 6.45) is 3.32. The molecule has 3 aromatic rings. The van der Waals surface area contributed by atoms with Gasteiger partial charge in [0.1, 0.15) is 0 Å². The number of aromatic nitrogens is 1. The largest absolute Gasteiger partial charge is 0.380 e. The number of hydrazone groups is 1. The van der Waals surface area contributed by atoms with Crippen molar-refractivity contribution in [2.24, 2.45) is 5.10 Å². The quantitative estimate of drug-likeness (QED) is 0.580. The third-order valence-corrected chi connectivity index (χ3v) is 3.61. The second-order valence-corrected chi connectivity index (χ2v) is 5.21. The Hall–Kier alpha value is -3.05. The molecule has 0 aliphatic rings. The number of ether oxygens (including phenoxy) is 1. The van der Waals surface area contributed by atoms with Gasteiger partial charge in [-0.3, -0.25) is 9.78 Å². The number of nitrogens with zero attached hydrogens (tertiary/aromatic N) is 2. The van der Waals surface area contributed by atoms with Gasteiger partial charge in [0.15, 0.2) is 0 Å². The van der Waals surface area contributed by atoms with Crippen molar-refractivity contribution in [1.29, 1.82) is 0 Å². The van der Waals surface area contributed by atoms with Crippen LogP contribution < -0.4 is 5.43 Å². The zero-order valence-corrected chi connectivity index (χ0v) is 13.3. The monoisotopic (exact) mass is 319 g/mol. The van der Waals surface area contributed by atoms with Gasteiger partial charge in [0.25, 0.3) is 5.91 Å².